The van der Waals surface area contributed by atoms with Gasteiger partial charge in [0.15, 0.2) is 0 Å². The van der Waals surface area contributed by atoms with E-state index in [9.17, 15) is 4.39 Å². The van der Waals surface area contributed by atoms with Gasteiger partial charge in [0.05, 0.1) is 11.3 Å². The van der Waals surface area contributed by atoms with Crippen molar-refractivity contribution in [3.8, 4) is 6.07 Å². The molecule has 0 aliphatic rings. The lowest BCUT2D eigenvalue weighted by molar-refractivity contribution is 0.580. The largest absolute Gasteiger partial charge is 0.339 e. The number of nitrogens with one attached hydrogen (secondary N) is 1. The van der Waals surface area contributed by atoms with Crippen LogP contribution >= 0.6 is 15.9 Å². The lowest BCUT2D eigenvalue weighted by Crippen LogP contribution is -1.97. The van der Waals surface area contributed by atoms with E-state index in [0.29, 0.717) is 17.1 Å². The maximum absolute atomic E-state index is 12.9. The van der Waals surface area contributed by atoms with Crippen LogP contribution in [0.5, 0.6) is 0 Å². The number of halogens is 2. The molecule has 0 unspecified atom stereocenters. The summed E-state index contributed by atoms with van der Waals surface area (Å²) in [4.78, 5) is 7.20. The summed E-state index contributed by atoms with van der Waals surface area (Å²) in [7, 11) is 0. The molecule has 0 amide bonds. The van der Waals surface area contributed by atoms with Crippen LogP contribution in [-0.2, 0) is 0 Å². The Morgan fingerprint density at radius 3 is 2.82 bits per heavy atom. The molecule has 2 rings (SSSR count). The highest BCUT2D eigenvalue weighted by atomic mass is 79.9. The predicted octanol–water partition coefficient (Wildman–Crippen LogP) is 2.99. The molecule has 0 spiro atoms. The first-order valence-electron chi connectivity index (χ1n) is 4.63. The average molecular weight is 293 g/mol. The second-order valence-electron chi connectivity index (χ2n) is 3.15. The zero-order valence-electron chi connectivity index (χ0n) is 8.48. The van der Waals surface area contributed by atoms with E-state index in [2.05, 4.69) is 31.2 Å². The predicted molar refractivity (Wildman–Crippen MR) is 64.1 cm³/mol. The molecule has 0 radical (unpaired) electrons. The van der Waals surface area contributed by atoms with E-state index >= 15 is 0 Å². The quantitative estimate of drug-likeness (QED) is 0.865. The lowest BCUT2D eigenvalue weighted by Gasteiger charge is -2.07. The van der Waals surface area contributed by atoms with Crippen LogP contribution < -0.4 is 5.32 Å². The molecule has 0 saturated heterocycles. The third-order valence-corrected chi connectivity index (χ3v) is 2.49. The molecule has 0 fully saturated rings. The second-order valence-corrected chi connectivity index (χ2v) is 4.07. The minimum Gasteiger partial charge on any atom is -0.339 e. The molecule has 2 aromatic rings. The summed E-state index contributed by atoms with van der Waals surface area (Å²) in [6, 6.07) is 8.35. The van der Waals surface area contributed by atoms with Gasteiger partial charge in [0.2, 0.25) is 5.95 Å². The van der Waals surface area contributed by atoms with Crippen LogP contribution in [0.1, 0.15) is 5.56 Å². The molecule has 1 N–H and O–H groups in total. The first-order valence-corrected chi connectivity index (χ1v) is 5.42. The van der Waals surface area contributed by atoms with Gasteiger partial charge in [-0.15, -0.1) is 0 Å². The van der Waals surface area contributed by atoms with E-state index in [4.69, 9.17) is 5.26 Å². The molecular formula is C11H6BrFN4. The maximum atomic E-state index is 12.9. The number of benzene rings is 1. The Balaban J connectivity index is 2.34. The van der Waals surface area contributed by atoms with Gasteiger partial charge in [-0.25, -0.2) is 9.97 Å². The van der Waals surface area contributed by atoms with Crippen LogP contribution in [0.3, 0.4) is 0 Å². The van der Waals surface area contributed by atoms with Crippen LogP contribution in [-0.4, -0.2) is 9.97 Å². The van der Waals surface area contributed by atoms with Gasteiger partial charge in [0.1, 0.15) is 18.2 Å². The fraction of sp³-hybridized carbons (Fsp3) is 0. The number of hydrogen-bond donors (Lipinski definition) is 1. The SMILES string of the molecule is N#Cc1cc(Br)ccc1Nc1cc(F)ncn1. The van der Waals surface area contributed by atoms with E-state index < -0.39 is 5.95 Å². The first kappa shape index (κ1) is 11.5. The minimum absolute atomic E-state index is 0.302. The van der Waals surface area contributed by atoms with Crippen LogP contribution in [0.4, 0.5) is 15.9 Å². The number of hydrogen-bond acceptors (Lipinski definition) is 4. The molecule has 0 saturated carbocycles. The van der Waals surface area contributed by atoms with Crippen LogP contribution in [0.15, 0.2) is 35.1 Å². The monoisotopic (exact) mass is 292 g/mol. The van der Waals surface area contributed by atoms with E-state index in [1.165, 1.54) is 0 Å². The topological polar surface area (TPSA) is 61.6 Å². The number of nitrogens with zero attached hydrogens (tertiary/aromatic N) is 3. The molecule has 0 aliphatic heterocycles. The summed E-state index contributed by atoms with van der Waals surface area (Å²) < 4.78 is 13.7. The molecular weight excluding hydrogens is 287 g/mol. The highest BCUT2D eigenvalue weighted by molar-refractivity contribution is 9.10. The van der Waals surface area contributed by atoms with Crippen LogP contribution in [0, 0.1) is 17.3 Å². The van der Waals surface area contributed by atoms with Crippen LogP contribution in [0.25, 0.3) is 0 Å². The number of anilines is 2. The Kier molecular flexibility index (Phi) is 3.30. The fourth-order valence-corrected chi connectivity index (χ4v) is 1.62. The molecule has 17 heavy (non-hydrogen) atoms. The second kappa shape index (κ2) is 4.89. The molecule has 1 aromatic carbocycles. The van der Waals surface area contributed by atoms with Gasteiger partial charge in [-0.3, -0.25) is 0 Å². The molecule has 1 heterocycles. The van der Waals surface area contributed by atoms with Gasteiger partial charge in [-0.05, 0) is 18.2 Å². The summed E-state index contributed by atoms with van der Waals surface area (Å²) in [6.07, 6.45) is 1.11. The lowest BCUT2D eigenvalue weighted by atomic mass is 10.2. The van der Waals surface area contributed by atoms with Gasteiger partial charge in [0.25, 0.3) is 0 Å². The smallest absolute Gasteiger partial charge is 0.218 e. The molecule has 1 aromatic heterocycles. The minimum atomic E-state index is -0.627. The molecule has 84 valence electrons. The maximum Gasteiger partial charge on any atom is 0.218 e. The number of aromatic nitrogens is 2. The average Bonchev–Trinajstić information content (AvgIpc) is 2.31. The molecule has 0 aliphatic carbocycles. The zero-order valence-corrected chi connectivity index (χ0v) is 10.1. The summed E-state index contributed by atoms with van der Waals surface area (Å²) in [5, 5.41) is 11.8. The Bertz CT molecular complexity index is 594. The van der Waals surface area contributed by atoms with Crippen molar-refractivity contribution in [1.82, 2.24) is 9.97 Å². The van der Waals surface area contributed by atoms with E-state index in [1.54, 1.807) is 18.2 Å². The van der Waals surface area contributed by atoms with Gasteiger partial charge < -0.3 is 5.32 Å². The Labute approximate surface area is 105 Å². The Hall–Kier alpha value is -2.00. The molecule has 6 heteroatoms. The van der Waals surface area contributed by atoms with Crippen molar-refractivity contribution >= 4 is 27.4 Å². The summed E-state index contributed by atoms with van der Waals surface area (Å²) in [6.45, 7) is 0. The third kappa shape index (κ3) is 2.77. The van der Waals surface area contributed by atoms with Crippen molar-refractivity contribution in [2.45, 2.75) is 0 Å². The highest BCUT2D eigenvalue weighted by Gasteiger charge is 2.04. The van der Waals surface area contributed by atoms with Crippen molar-refractivity contribution < 1.29 is 4.39 Å². The van der Waals surface area contributed by atoms with Gasteiger partial charge in [-0.1, -0.05) is 15.9 Å². The van der Waals surface area contributed by atoms with Crippen molar-refractivity contribution in [3.63, 3.8) is 0 Å². The van der Waals surface area contributed by atoms with Gasteiger partial charge in [0, 0.05) is 10.5 Å². The fourth-order valence-electron chi connectivity index (χ4n) is 1.26. The van der Waals surface area contributed by atoms with Crippen molar-refractivity contribution in [3.05, 3.63) is 46.6 Å². The van der Waals surface area contributed by atoms with E-state index in [0.717, 1.165) is 16.9 Å². The zero-order chi connectivity index (χ0) is 12.3. The standard InChI is InChI=1S/C11H6BrFN4/c12-8-1-2-9(7(3-8)5-14)17-11-4-10(13)15-6-16-11/h1-4,6H,(H,15,16,17). The van der Waals surface area contributed by atoms with Crippen molar-refractivity contribution in [2.24, 2.45) is 0 Å². The van der Waals surface area contributed by atoms with Crippen LogP contribution in [0.2, 0.25) is 0 Å². The Morgan fingerprint density at radius 2 is 2.12 bits per heavy atom. The Morgan fingerprint density at radius 1 is 1.29 bits per heavy atom. The molecule has 0 atom stereocenters. The summed E-state index contributed by atoms with van der Waals surface area (Å²) in [5.74, 6) is -0.325. The van der Waals surface area contributed by atoms with Gasteiger partial charge in [-0.2, -0.15) is 9.65 Å². The number of rotatable bonds is 2. The van der Waals surface area contributed by atoms with E-state index in [1.807, 2.05) is 6.07 Å². The van der Waals surface area contributed by atoms with E-state index in [-0.39, 0.29) is 0 Å². The van der Waals surface area contributed by atoms with Gasteiger partial charge >= 0.3 is 0 Å². The molecule has 0 bridgehead atoms. The van der Waals surface area contributed by atoms with Crippen molar-refractivity contribution in [2.75, 3.05) is 5.32 Å². The number of nitriles is 1. The van der Waals surface area contributed by atoms with Crippen molar-refractivity contribution in [1.29, 1.82) is 5.26 Å². The molecule has 4 nitrogen and oxygen atoms in total. The third-order valence-electron chi connectivity index (χ3n) is 2.00. The summed E-state index contributed by atoms with van der Waals surface area (Å²) >= 11 is 3.27. The summed E-state index contributed by atoms with van der Waals surface area (Å²) in [5.41, 5.74) is 1.01. The highest BCUT2D eigenvalue weighted by Crippen LogP contribution is 2.22. The normalized spacial score (nSPS) is 9.71. The first-order chi connectivity index (χ1) is 8.19.